The molecule has 0 aliphatic carbocycles. The summed E-state index contributed by atoms with van der Waals surface area (Å²) in [6, 6.07) is 36.7. The summed E-state index contributed by atoms with van der Waals surface area (Å²) in [5.41, 5.74) is 7.87. The van der Waals surface area contributed by atoms with Gasteiger partial charge in [0, 0.05) is 50.9 Å². The highest BCUT2D eigenvalue weighted by molar-refractivity contribution is 6.23. The van der Waals surface area contributed by atoms with Crippen molar-refractivity contribution in [3.8, 4) is 5.69 Å². The Morgan fingerprint density at radius 1 is 0.500 bits per heavy atom. The standard InChI is InChI=1S/C31H20N2O/c1-32-26-11-5-2-8-20(26)24-16-17-25-21-9-3-6-12-27(21)33(31(25)30(24)32)19-14-15-23-22-10-4-7-13-28(22)34-29(23)18-19/h2-18H,1H3. The van der Waals surface area contributed by atoms with Gasteiger partial charge in [0.15, 0.2) is 0 Å². The lowest BCUT2D eigenvalue weighted by molar-refractivity contribution is 0.668. The van der Waals surface area contributed by atoms with E-state index in [0.29, 0.717) is 0 Å². The quantitative estimate of drug-likeness (QED) is 0.254. The molecule has 0 saturated heterocycles. The van der Waals surface area contributed by atoms with Crippen molar-refractivity contribution in [2.24, 2.45) is 7.05 Å². The molecule has 0 amide bonds. The van der Waals surface area contributed by atoms with Crippen LogP contribution in [0.15, 0.2) is 108 Å². The molecule has 0 fully saturated rings. The van der Waals surface area contributed by atoms with Crippen molar-refractivity contribution in [3.05, 3.63) is 103 Å². The molecule has 0 radical (unpaired) electrons. The number of hydrogen-bond acceptors (Lipinski definition) is 1. The van der Waals surface area contributed by atoms with Gasteiger partial charge in [0.2, 0.25) is 0 Å². The van der Waals surface area contributed by atoms with Gasteiger partial charge in [0.05, 0.1) is 22.2 Å². The molecule has 8 aromatic rings. The molecule has 3 heterocycles. The number of benzene rings is 5. The number of fused-ring (bicyclic) bond motifs is 10. The molecule has 0 bridgehead atoms. The third kappa shape index (κ3) is 2.16. The number of para-hydroxylation sites is 3. The van der Waals surface area contributed by atoms with Crippen LogP contribution in [0, 0.1) is 0 Å². The Kier molecular flexibility index (Phi) is 3.33. The minimum Gasteiger partial charge on any atom is -0.456 e. The average molecular weight is 437 g/mol. The first-order valence-corrected chi connectivity index (χ1v) is 11.6. The molecule has 3 nitrogen and oxygen atoms in total. The Morgan fingerprint density at radius 3 is 1.91 bits per heavy atom. The van der Waals surface area contributed by atoms with Crippen molar-refractivity contribution < 1.29 is 4.42 Å². The normalized spacial score (nSPS) is 12.3. The maximum Gasteiger partial charge on any atom is 0.137 e. The lowest BCUT2D eigenvalue weighted by atomic mass is 10.1. The fourth-order valence-corrected chi connectivity index (χ4v) is 5.83. The zero-order valence-corrected chi connectivity index (χ0v) is 18.6. The summed E-state index contributed by atoms with van der Waals surface area (Å²) < 4.78 is 11.0. The number of hydrogen-bond donors (Lipinski definition) is 0. The SMILES string of the molecule is Cn1c2ccccc2c2ccc3c4ccccc4n(-c4ccc5c(c4)oc4ccccc45)c3c21. The molecule has 0 unspecified atom stereocenters. The van der Waals surface area contributed by atoms with Crippen molar-refractivity contribution >= 4 is 65.6 Å². The molecule has 0 saturated carbocycles. The smallest absolute Gasteiger partial charge is 0.137 e. The molecule has 8 rings (SSSR count). The molecular formula is C31H20N2O. The van der Waals surface area contributed by atoms with Crippen LogP contribution < -0.4 is 0 Å². The Labute approximate surface area is 195 Å². The van der Waals surface area contributed by atoms with Crippen molar-refractivity contribution in [2.45, 2.75) is 0 Å². The summed E-state index contributed by atoms with van der Waals surface area (Å²) >= 11 is 0. The van der Waals surface area contributed by atoms with E-state index in [4.69, 9.17) is 4.42 Å². The van der Waals surface area contributed by atoms with Gasteiger partial charge in [0.1, 0.15) is 11.2 Å². The predicted molar refractivity (Wildman–Crippen MR) is 142 cm³/mol. The molecule has 0 spiro atoms. The van der Waals surface area contributed by atoms with E-state index in [1.165, 1.54) is 43.6 Å². The number of furan rings is 1. The molecule has 0 atom stereocenters. The van der Waals surface area contributed by atoms with Gasteiger partial charge < -0.3 is 13.6 Å². The zero-order chi connectivity index (χ0) is 22.4. The van der Waals surface area contributed by atoms with E-state index in [1.807, 2.05) is 12.1 Å². The first-order valence-electron chi connectivity index (χ1n) is 11.6. The van der Waals surface area contributed by atoms with Crippen LogP contribution in [0.5, 0.6) is 0 Å². The average Bonchev–Trinajstić information content (AvgIpc) is 3.52. The van der Waals surface area contributed by atoms with Crippen LogP contribution >= 0.6 is 0 Å². The lowest BCUT2D eigenvalue weighted by Gasteiger charge is -2.10. The summed E-state index contributed by atoms with van der Waals surface area (Å²) in [7, 11) is 2.18. The van der Waals surface area contributed by atoms with Gasteiger partial charge in [-0.05, 0) is 30.3 Å². The van der Waals surface area contributed by atoms with Gasteiger partial charge in [-0.1, -0.05) is 66.7 Å². The van der Waals surface area contributed by atoms with Crippen molar-refractivity contribution in [1.82, 2.24) is 9.13 Å². The van der Waals surface area contributed by atoms with Crippen LogP contribution in [0.2, 0.25) is 0 Å². The summed E-state index contributed by atoms with van der Waals surface area (Å²) in [5.74, 6) is 0. The zero-order valence-electron chi connectivity index (χ0n) is 18.6. The molecule has 0 aliphatic rings. The van der Waals surface area contributed by atoms with E-state index in [0.717, 1.165) is 27.6 Å². The number of aromatic nitrogens is 2. The third-order valence-corrected chi connectivity index (χ3v) is 7.32. The molecule has 160 valence electrons. The number of nitrogens with zero attached hydrogens (tertiary/aromatic N) is 2. The maximum atomic E-state index is 6.26. The van der Waals surface area contributed by atoms with E-state index in [2.05, 4.69) is 107 Å². The van der Waals surface area contributed by atoms with Gasteiger partial charge in [0.25, 0.3) is 0 Å². The van der Waals surface area contributed by atoms with Gasteiger partial charge in [-0.25, -0.2) is 0 Å². The van der Waals surface area contributed by atoms with Crippen molar-refractivity contribution in [1.29, 1.82) is 0 Å². The molecular weight excluding hydrogens is 416 g/mol. The molecule has 34 heavy (non-hydrogen) atoms. The minimum absolute atomic E-state index is 0.911. The van der Waals surface area contributed by atoms with E-state index in [9.17, 15) is 0 Å². The summed E-state index contributed by atoms with van der Waals surface area (Å²) in [4.78, 5) is 0. The van der Waals surface area contributed by atoms with Gasteiger partial charge in [-0.15, -0.1) is 0 Å². The topological polar surface area (TPSA) is 23.0 Å². The molecule has 0 N–H and O–H groups in total. The Bertz CT molecular complexity index is 2080. The maximum absolute atomic E-state index is 6.26. The van der Waals surface area contributed by atoms with Gasteiger partial charge >= 0.3 is 0 Å². The number of aryl methyl sites for hydroxylation is 1. The fraction of sp³-hybridized carbons (Fsp3) is 0.0323. The van der Waals surface area contributed by atoms with Crippen LogP contribution in [0.3, 0.4) is 0 Å². The summed E-state index contributed by atoms with van der Waals surface area (Å²) in [5, 5.41) is 7.39. The lowest BCUT2D eigenvalue weighted by Crippen LogP contribution is -1.96. The van der Waals surface area contributed by atoms with Crippen LogP contribution in [-0.2, 0) is 7.05 Å². The first-order chi connectivity index (χ1) is 16.8. The van der Waals surface area contributed by atoms with Crippen LogP contribution in [-0.4, -0.2) is 9.13 Å². The van der Waals surface area contributed by atoms with E-state index < -0.39 is 0 Å². The monoisotopic (exact) mass is 436 g/mol. The van der Waals surface area contributed by atoms with Crippen molar-refractivity contribution in [3.63, 3.8) is 0 Å². The first kappa shape index (κ1) is 18.0. The third-order valence-electron chi connectivity index (χ3n) is 7.32. The van der Waals surface area contributed by atoms with E-state index in [-0.39, 0.29) is 0 Å². The fourth-order valence-electron chi connectivity index (χ4n) is 5.83. The Morgan fingerprint density at radius 2 is 1.09 bits per heavy atom. The molecule has 3 aromatic heterocycles. The highest BCUT2D eigenvalue weighted by atomic mass is 16.3. The van der Waals surface area contributed by atoms with E-state index >= 15 is 0 Å². The van der Waals surface area contributed by atoms with Crippen LogP contribution in [0.25, 0.3) is 71.2 Å². The predicted octanol–water partition coefficient (Wildman–Crippen LogP) is 8.33. The molecule has 5 aromatic carbocycles. The van der Waals surface area contributed by atoms with Gasteiger partial charge in [-0.2, -0.15) is 0 Å². The Hall–Kier alpha value is -4.50. The van der Waals surface area contributed by atoms with Gasteiger partial charge in [-0.3, -0.25) is 0 Å². The summed E-state index contributed by atoms with van der Waals surface area (Å²) in [6.45, 7) is 0. The van der Waals surface area contributed by atoms with Crippen LogP contribution in [0.4, 0.5) is 0 Å². The number of rotatable bonds is 1. The Balaban J connectivity index is 1.58. The minimum atomic E-state index is 0.911. The van der Waals surface area contributed by atoms with Crippen LogP contribution in [0.1, 0.15) is 0 Å². The summed E-state index contributed by atoms with van der Waals surface area (Å²) in [6.07, 6.45) is 0. The van der Waals surface area contributed by atoms with E-state index in [1.54, 1.807) is 0 Å². The molecule has 3 heteroatoms. The second-order valence-corrected chi connectivity index (χ2v) is 9.07. The van der Waals surface area contributed by atoms with Crippen molar-refractivity contribution in [2.75, 3.05) is 0 Å². The highest BCUT2D eigenvalue weighted by Gasteiger charge is 2.19. The highest BCUT2D eigenvalue weighted by Crippen LogP contribution is 2.40. The molecule has 0 aliphatic heterocycles. The second-order valence-electron chi connectivity index (χ2n) is 9.07. The second kappa shape index (κ2) is 6.30. The largest absolute Gasteiger partial charge is 0.456 e.